The average Bonchev–Trinajstić information content (AvgIpc) is 3.00. The van der Waals surface area contributed by atoms with Crippen molar-refractivity contribution < 1.29 is 14.3 Å². The average molecular weight is 356 g/mol. The second-order valence-electron chi connectivity index (χ2n) is 6.54. The molecule has 2 amide bonds. The number of aryl methyl sites for hydroxylation is 2. The minimum absolute atomic E-state index is 0.0524. The Morgan fingerprint density at radius 2 is 1.81 bits per heavy atom. The van der Waals surface area contributed by atoms with Gasteiger partial charge in [-0.15, -0.1) is 0 Å². The highest BCUT2D eigenvalue weighted by molar-refractivity contribution is 5.96. The van der Waals surface area contributed by atoms with Gasteiger partial charge >= 0.3 is 0 Å². The van der Waals surface area contributed by atoms with E-state index in [1.165, 1.54) is 4.90 Å². The molecule has 1 aliphatic heterocycles. The predicted octanol–water partition coefficient (Wildman–Crippen LogP) is 1.42. The lowest BCUT2D eigenvalue weighted by Gasteiger charge is -2.28. The Morgan fingerprint density at radius 3 is 2.38 bits per heavy atom. The Hall–Kier alpha value is -2.67. The Morgan fingerprint density at radius 1 is 1.15 bits per heavy atom. The lowest BCUT2D eigenvalue weighted by Crippen LogP contribution is -2.46. The van der Waals surface area contributed by atoms with Crippen molar-refractivity contribution in [3.05, 3.63) is 47.3 Å². The molecule has 1 aromatic heterocycles. The molecule has 0 spiro atoms. The fraction of sp³-hybridized carbons (Fsp3) is 0.421. The van der Waals surface area contributed by atoms with E-state index in [4.69, 9.17) is 4.74 Å². The normalized spacial score (nSPS) is 14.3. The molecule has 7 nitrogen and oxygen atoms in total. The Balaban J connectivity index is 1.65. The summed E-state index contributed by atoms with van der Waals surface area (Å²) in [6.45, 7) is 6.27. The number of benzene rings is 1. The molecule has 1 aromatic carbocycles. The molecular weight excluding hydrogens is 332 g/mol. The first kappa shape index (κ1) is 18.1. The van der Waals surface area contributed by atoms with Gasteiger partial charge in [0.15, 0.2) is 0 Å². The maximum absolute atomic E-state index is 12.6. The number of ether oxygens (including phenoxy) is 1. The van der Waals surface area contributed by atoms with Crippen molar-refractivity contribution in [2.75, 3.05) is 39.9 Å². The minimum Gasteiger partial charge on any atom is -0.378 e. The zero-order valence-electron chi connectivity index (χ0n) is 15.4. The van der Waals surface area contributed by atoms with Gasteiger partial charge in [0, 0.05) is 31.4 Å². The summed E-state index contributed by atoms with van der Waals surface area (Å²) >= 11 is 0. The van der Waals surface area contributed by atoms with Gasteiger partial charge in [-0.2, -0.15) is 5.10 Å². The van der Waals surface area contributed by atoms with Gasteiger partial charge in [-0.3, -0.25) is 9.59 Å². The summed E-state index contributed by atoms with van der Waals surface area (Å²) < 4.78 is 7.09. The van der Waals surface area contributed by atoms with E-state index in [0.29, 0.717) is 31.9 Å². The Labute approximate surface area is 153 Å². The van der Waals surface area contributed by atoms with Crippen molar-refractivity contribution >= 4 is 11.8 Å². The number of amides is 2. The fourth-order valence-corrected chi connectivity index (χ4v) is 3.04. The summed E-state index contributed by atoms with van der Waals surface area (Å²) in [6.07, 6.45) is 0. The summed E-state index contributed by atoms with van der Waals surface area (Å²) in [5.74, 6) is -0.227. The van der Waals surface area contributed by atoms with Gasteiger partial charge in [0.2, 0.25) is 5.91 Å². The van der Waals surface area contributed by atoms with Crippen LogP contribution in [0.3, 0.4) is 0 Å². The number of rotatable bonds is 4. The van der Waals surface area contributed by atoms with Crippen LogP contribution < -0.4 is 0 Å². The van der Waals surface area contributed by atoms with Crippen molar-refractivity contribution in [3.8, 4) is 5.69 Å². The van der Waals surface area contributed by atoms with Crippen molar-refractivity contribution in [3.63, 3.8) is 0 Å². The van der Waals surface area contributed by atoms with E-state index in [-0.39, 0.29) is 18.4 Å². The number of morpholine rings is 1. The van der Waals surface area contributed by atoms with Crippen LogP contribution in [0.1, 0.15) is 21.7 Å². The van der Waals surface area contributed by atoms with Crippen molar-refractivity contribution in [1.82, 2.24) is 19.6 Å². The molecule has 3 rings (SSSR count). The van der Waals surface area contributed by atoms with Gasteiger partial charge in [0.25, 0.3) is 5.91 Å². The Bertz CT molecular complexity index is 792. The second-order valence-corrected chi connectivity index (χ2v) is 6.54. The summed E-state index contributed by atoms with van der Waals surface area (Å²) in [4.78, 5) is 28.1. The monoisotopic (exact) mass is 356 g/mol. The van der Waals surface area contributed by atoms with Crippen LogP contribution in [0.25, 0.3) is 5.69 Å². The van der Waals surface area contributed by atoms with Gasteiger partial charge in [0.05, 0.1) is 31.1 Å². The standard InChI is InChI=1S/C19H24N4O3/c1-14-12-15(2)23(20-14)17-6-4-16(5-7-17)19(25)21(3)13-18(24)22-8-10-26-11-9-22/h4-7,12H,8-11,13H2,1-3H3. The van der Waals surface area contributed by atoms with E-state index in [2.05, 4.69) is 5.10 Å². The first-order valence-corrected chi connectivity index (χ1v) is 8.70. The summed E-state index contributed by atoms with van der Waals surface area (Å²) in [5, 5.41) is 4.44. The topological polar surface area (TPSA) is 67.7 Å². The van der Waals surface area contributed by atoms with Crippen LogP contribution in [0.5, 0.6) is 0 Å². The molecule has 0 aliphatic carbocycles. The number of hydrogen-bond acceptors (Lipinski definition) is 4. The molecule has 1 aliphatic rings. The molecule has 0 atom stereocenters. The molecule has 2 aromatic rings. The zero-order valence-corrected chi connectivity index (χ0v) is 15.4. The lowest BCUT2D eigenvalue weighted by molar-refractivity contribution is -0.135. The minimum atomic E-state index is -0.175. The molecule has 0 saturated carbocycles. The molecule has 7 heteroatoms. The molecule has 1 saturated heterocycles. The quantitative estimate of drug-likeness (QED) is 0.831. The third-order valence-corrected chi connectivity index (χ3v) is 4.45. The van der Waals surface area contributed by atoms with Crippen LogP contribution in [0.4, 0.5) is 0 Å². The van der Waals surface area contributed by atoms with E-state index in [9.17, 15) is 9.59 Å². The van der Waals surface area contributed by atoms with Crippen LogP contribution in [-0.2, 0) is 9.53 Å². The Kier molecular flexibility index (Phi) is 5.37. The largest absolute Gasteiger partial charge is 0.378 e. The molecule has 26 heavy (non-hydrogen) atoms. The molecule has 1 fully saturated rings. The van der Waals surface area contributed by atoms with E-state index >= 15 is 0 Å². The highest BCUT2D eigenvalue weighted by atomic mass is 16.5. The number of carbonyl (C=O) groups excluding carboxylic acids is 2. The smallest absolute Gasteiger partial charge is 0.254 e. The lowest BCUT2D eigenvalue weighted by atomic mass is 10.2. The highest BCUT2D eigenvalue weighted by Gasteiger charge is 2.21. The molecule has 2 heterocycles. The van der Waals surface area contributed by atoms with E-state index in [0.717, 1.165) is 17.1 Å². The van der Waals surface area contributed by atoms with Crippen LogP contribution in [0.15, 0.2) is 30.3 Å². The molecule has 0 bridgehead atoms. The highest BCUT2D eigenvalue weighted by Crippen LogP contribution is 2.14. The van der Waals surface area contributed by atoms with Crippen LogP contribution in [0, 0.1) is 13.8 Å². The number of aromatic nitrogens is 2. The molecular formula is C19H24N4O3. The van der Waals surface area contributed by atoms with Crippen molar-refractivity contribution in [2.45, 2.75) is 13.8 Å². The van der Waals surface area contributed by atoms with Crippen LogP contribution >= 0.6 is 0 Å². The molecule has 0 unspecified atom stereocenters. The molecule has 0 N–H and O–H groups in total. The zero-order chi connectivity index (χ0) is 18.7. The summed E-state index contributed by atoms with van der Waals surface area (Å²) in [7, 11) is 1.65. The summed E-state index contributed by atoms with van der Waals surface area (Å²) in [5.41, 5.74) is 3.44. The predicted molar refractivity (Wildman–Crippen MR) is 97.4 cm³/mol. The molecule has 0 radical (unpaired) electrons. The number of likely N-dealkylation sites (N-methyl/N-ethyl adjacent to an activating group) is 1. The summed E-state index contributed by atoms with van der Waals surface area (Å²) in [6, 6.07) is 9.27. The van der Waals surface area contributed by atoms with E-state index in [1.807, 2.05) is 36.7 Å². The van der Waals surface area contributed by atoms with E-state index < -0.39 is 0 Å². The van der Waals surface area contributed by atoms with Crippen molar-refractivity contribution in [1.29, 1.82) is 0 Å². The van der Waals surface area contributed by atoms with Crippen LogP contribution in [0.2, 0.25) is 0 Å². The van der Waals surface area contributed by atoms with Gasteiger partial charge in [-0.25, -0.2) is 4.68 Å². The van der Waals surface area contributed by atoms with Gasteiger partial charge in [0.1, 0.15) is 0 Å². The van der Waals surface area contributed by atoms with Crippen LogP contribution in [-0.4, -0.2) is 71.3 Å². The number of hydrogen-bond donors (Lipinski definition) is 0. The second kappa shape index (κ2) is 7.70. The van der Waals surface area contributed by atoms with Gasteiger partial charge < -0.3 is 14.5 Å². The third kappa shape index (κ3) is 3.94. The first-order chi connectivity index (χ1) is 12.5. The van der Waals surface area contributed by atoms with Crippen molar-refractivity contribution in [2.24, 2.45) is 0 Å². The maximum atomic E-state index is 12.6. The van der Waals surface area contributed by atoms with Gasteiger partial charge in [-0.1, -0.05) is 0 Å². The maximum Gasteiger partial charge on any atom is 0.254 e. The van der Waals surface area contributed by atoms with Gasteiger partial charge in [-0.05, 0) is 44.2 Å². The first-order valence-electron chi connectivity index (χ1n) is 8.70. The number of carbonyl (C=O) groups is 2. The SMILES string of the molecule is Cc1cc(C)n(-c2ccc(C(=O)N(C)CC(=O)N3CCOCC3)cc2)n1. The molecule has 138 valence electrons. The fourth-order valence-electron chi connectivity index (χ4n) is 3.04. The number of nitrogens with zero attached hydrogens (tertiary/aromatic N) is 4. The van der Waals surface area contributed by atoms with E-state index in [1.54, 1.807) is 24.1 Å². The third-order valence-electron chi connectivity index (χ3n) is 4.45.